The van der Waals surface area contributed by atoms with E-state index in [2.05, 4.69) is 0 Å². The number of Topliss-reactive ketones (excluding diaryl/α,β-unsaturated/α-hetero) is 1. The van der Waals surface area contributed by atoms with E-state index in [0.29, 0.717) is 18.9 Å². The highest BCUT2D eigenvalue weighted by Gasteiger charge is 2.25. The first-order valence-corrected chi connectivity index (χ1v) is 4.86. The lowest BCUT2D eigenvalue weighted by Crippen LogP contribution is -2.41. The lowest BCUT2D eigenvalue weighted by Gasteiger charge is -2.34. The summed E-state index contributed by atoms with van der Waals surface area (Å²) in [6, 6.07) is 0.444. The molecule has 0 heterocycles. The smallest absolute Gasteiger partial charge is 0.223 e. The molecular formula is C10H17NO2. The zero-order valence-electron chi connectivity index (χ0n) is 8.38. The van der Waals surface area contributed by atoms with Crippen LogP contribution in [0.5, 0.6) is 0 Å². The fraction of sp³-hybridized carbons (Fsp3) is 0.800. The van der Waals surface area contributed by atoms with Crippen molar-refractivity contribution in [2.75, 3.05) is 7.05 Å². The summed E-state index contributed by atoms with van der Waals surface area (Å²) in [7, 11) is 1.84. The predicted molar refractivity (Wildman–Crippen MR) is 50.3 cm³/mol. The molecule has 74 valence electrons. The summed E-state index contributed by atoms with van der Waals surface area (Å²) >= 11 is 0. The van der Waals surface area contributed by atoms with Crippen LogP contribution in [0.25, 0.3) is 0 Å². The maximum Gasteiger partial charge on any atom is 0.223 e. The fourth-order valence-corrected chi connectivity index (χ4v) is 1.44. The van der Waals surface area contributed by atoms with Gasteiger partial charge in [-0.2, -0.15) is 0 Å². The lowest BCUT2D eigenvalue weighted by atomic mass is 9.91. The zero-order chi connectivity index (χ0) is 9.84. The average molecular weight is 183 g/mol. The van der Waals surface area contributed by atoms with E-state index in [1.165, 1.54) is 13.3 Å². The molecule has 1 aliphatic rings. The van der Waals surface area contributed by atoms with Gasteiger partial charge >= 0.3 is 0 Å². The van der Waals surface area contributed by atoms with Crippen LogP contribution < -0.4 is 0 Å². The number of hydrogen-bond acceptors (Lipinski definition) is 2. The Morgan fingerprint density at radius 2 is 1.92 bits per heavy atom. The van der Waals surface area contributed by atoms with Gasteiger partial charge in [0.05, 0.1) is 0 Å². The SMILES string of the molecule is CC(=O)CCC(=O)N(C)C1CCC1. The third kappa shape index (κ3) is 2.83. The maximum absolute atomic E-state index is 11.5. The fourth-order valence-electron chi connectivity index (χ4n) is 1.44. The van der Waals surface area contributed by atoms with E-state index in [-0.39, 0.29) is 11.7 Å². The molecule has 0 aromatic carbocycles. The lowest BCUT2D eigenvalue weighted by molar-refractivity contribution is -0.135. The van der Waals surface area contributed by atoms with Crippen LogP contribution in [0, 0.1) is 0 Å². The largest absolute Gasteiger partial charge is 0.343 e. The Morgan fingerprint density at radius 1 is 1.31 bits per heavy atom. The van der Waals surface area contributed by atoms with Gasteiger partial charge in [-0.1, -0.05) is 0 Å². The molecule has 13 heavy (non-hydrogen) atoms. The van der Waals surface area contributed by atoms with Crippen molar-refractivity contribution in [2.45, 2.75) is 45.1 Å². The molecule has 3 heteroatoms. The number of carbonyl (C=O) groups is 2. The molecular weight excluding hydrogens is 166 g/mol. The highest BCUT2D eigenvalue weighted by Crippen LogP contribution is 2.23. The summed E-state index contributed by atoms with van der Waals surface area (Å²) in [5, 5.41) is 0. The van der Waals surface area contributed by atoms with E-state index in [9.17, 15) is 9.59 Å². The van der Waals surface area contributed by atoms with Gasteiger partial charge in [0.1, 0.15) is 5.78 Å². The minimum atomic E-state index is 0.0929. The van der Waals surface area contributed by atoms with Crippen molar-refractivity contribution in [2.24, 2.45) is 0 Å². The third-order valence-electron chi connectivity index (χ3n) is 2.71. The van der Waals surface area contributed by atoms with Crippen LogP contribution >= 0.6 is 0 Å². The first-order chi connectivity index (χ1) is 6.11. The molecule has 0 aliphatic heterocycles. The first kappa shape index (κ1) is 10.2. The van der Waals surface area contributed by atoms with Gasteiger partial charge in [-0.3, -0.25) is 4.79 Å². The number of amides is 1. The van der Waals surface area contributed by atoms with Gasteiger partial charge in [-0.05, 0) is 26.2 Å². The molecule has 0 saturated heterocycles. The van der Waals surface area contributed by atoms with Gasteiger partial charge in [0.2, 0.25) is 5.91 Å². The Labute approximate surface area is 79.1 Å². The first-order valence-electron chi connectivity index (χ1n) is 4.86. The molecule has 0 N–H and O–H groups in total. The van der Waals surface area contributed by atoms with Crippen molar-refractivity contribution in [3.05, 3.63) is 0 Å². The Kier molecular flexibility index (Phi) is 3.46. The van der Waals surface area contributed by atoms with Crippen molar-refractivity contribution in [1.29, 1.82) is 0 Å². The van der Waals surface area contributed by atoms with Gasteiger partial charge < -0.3 is 9.69 Å². The van der Waals surface area contributed by atoms with Crippen molar-refractivity contribution in [3.63, 3.8) is 0 Å². The number of ketones is 1. The van der Waals surface area contributed by atoms with Crippen molar-refractivity contribution in [3.8, 4) is 0 Å². The minimum absolute atomic E-state index is 0.0929. The van der Waals surface area contributed by atoms with Gasteiger partial charge in [0, 0.05) is 25.9 Å². The van der Waals surface area contributed by atoms with Gasteiger partial charge in [0.25, 0.3) is 0 Å². The molecule has 0 radical (unpaired) electrons. The second kappa shape index (κ2) is 4.40. The molecule has 1 fully saturated rings. The molecule has 0 spiro atoms. The van der Waals surface area contributed by atoms with Crippen LogP contribution in [0.15, 0.2) is 0 Å². The molecule has 0 aromatic rings. The van der Waals surface area contributed by atoms with E-state index < -0.39 is 0 Å². The van der Waals surface area contributed by atoms with E-state index >= 15 is 0 Å². The van der Waals surface area contributed by atoms with Crippen LogP contribution in [-0.2, 0) is 9.59 Å². The van der Waals surface area contributed by atoms with Gasteiger partial charge in [0.15, 0.2) is 0 Å². The topological polar surface area (TPSA) is 37.4 Å². The molecule has 0 aromatic heterocycles. The Bertz CT molecular complexity index is 209. The summed E-state index contributed by atoms with van der Waals surface area (Å²) < 4.78 is 0. The Balaban J connectivity index is 2.25. The van der Waals surface area contributed by atoms with E-state index in [4.69, 9.17) is 0 Å². The minimum Gasteiger partial charge on any atom is -0.343 e. The maximum atomic E-state index is 11.5. The van der Waals surface area contributed by atoms with E-state index in [1.54, 1.807) is 4.90 Å². The molecule has 0 bridgehead atoms. The van der Waals surface area contributed by atoms with Crippen molar-refractivity contribution < 1.29 is 9.59 Å². The predicted octanol–water partition coefficient (Wildman–Crippen LogP) is 1.37. The summed E-state index contributed by atoms with van der Waals surface area (Å²) in [5.74, 6) is 0.204. The molecule has 0 atom stereocenters. The number of carbonyl (C=O) groups excluding carboxylic acids is 2. The van der Waals surface area contributed by atoms with Gasteiger partial charge in [-0.15, -0.1) is 0 Å². The summed E-state index contributed by atoms with van der Waals surface area (Å²) in [6.45, 7) is 1.52. The second-order valence-corrected chi connectivity index (χ2v) is 3.79. The molecule has 0 unspecified atom stereocenters. The highest BCUT2D eigenvalue weighted by molar-refractivity contribution is 5.83. The summed E-state index contributed by atoms with van der Waals surface area (Å²) in [5.41, 5.74) is 0. The van der Waals surface area contributed by atoms with Crippen molar-refractivity contribution >= 4 is 11.7 Å². The van der Waals surface area contributed by atoms with Crippen molar-refractivity contribution in [1.82, 2.24) is 4.90 Å². The Morgan fingerprint density at radius 3 is 2.31 bits per heavy atom. The standard InChI is InChI=1S/C10H17NO2/c1-8(12)6-7-10(13)11(2)9-4-3-5-9/h9H,3-7H2,1-2H3. The molecule has 1 amide bonds. The monoisotopic (exact) mass is 183 g/mol. The quantitative estimate of drug-likeness (QED) is 0.660. The molecule has 3 nitrogen and oxygen atoms in total. The summed E-state index contributed by atoms with van der Waals surface area (Å²) in [4.78, 5) is 23.9. The zero-order valence-corrected chi connectivity index (χ0v) is 8.38. The highest BCUT2D eigenvalue weighted by atomic mass is 16.2. The van der Waals surface area contributed by atoms with Gasteiger partial charge in [-0.25, -0.2) is 0 Å². The van der Waals surface area contributed by atoms with Crippen LogP contribution in [0.2, 0.25) is 0 Å². The van der Waals surface area contributed by atoms with Crippen LogP contribution in [-0.4, -0.2) is 29.7 Å². The second-order valence-electron chi connectivity index (χ2n) is 3.79. The number of rotatable bonds is 4. The molecule has 1 saturated carbocycles. The van der Waals surface area contributed by atoms with E-state index in [1.807, 2.05) is 7.05 Å². The van der Waals surface area contributed by atoms with E-state index in [0.717, 1.165) is 12.8 Å². The molecule has 1 rings (SSSR count). The number of hydrogen-bond donors (Lipinski definition) is 0. The normalized spacial score (nSPS) is 16.5. The molecule has 1 aliphatic carbocycles. The average Bonchev–Trinajstić information content (AvgIpc) is 1.96. The Hall–Kier alpha value is -0.860. The third-order valence-corrected chi connectivity index (χ3v) is 2.71. The van der Waals surface area contributed by atoms with Crippen LogP contribution in [0.4, 0.5) is 0 Å². The van der Waals surface area contributed by atoms with Crippen LogP contribution in [0.1, 0.15) is 39.0 Å². The van der Waals surface area contributed by atoms with Crippen LogP contribution in [0.3, 0.4) is 0 Å². The number of nitrogens with zero attached hydrogens (tertiary/aromatic N) is 1. The summed E-state index contributed by atoms with van der Waals surface area (Å²) in [6.07, 6.45) is 4.25.